The highest BCUT2D eigenvalue weighted by Gasteiger charge is 2.24. The number of aromatic nitrogens is 4. The summed E-state index contributed by atoms with van der Waals surface area (Å²) >= 11 is 0. The van der Waals surface area contributed by atoms with Crippen LogP contribution >= 0.6 is 0 Å². The van der Waals surface area contributed by atoms with Crippen LogP contribution in [-0.2, 0) is 9.84 Å². The standard InChI is InChI=1S/C31H42N6O3S/c1-8-11-22(15-14-19(2)3)23-17-27(40-7)26(16-21(23)6)34-31-35-29(24-18-32-37-30(24)36-31)33-25-12-9-10-13-28(25)41(38,39)20(4)5/h9-10,12-13,16-20,22H,8,11,14-15H2,1-7H3,(H3,32,33,34,35,36,37). The molecule has 4 aromatic rings. The maximum Gasteiger partial charge on any atom is 0.231 e. The van der Waals surface area contributed by atoms with E-state index in [0.29, 0.717) is 46.1 Å². The number of aryl methyl sites for hydroxylation is 1. The molecule has 220 valence electrons. The Hall–Kier alpha value is -3.66. The lowest BCUT2D eigenvalue weighted by molar-refractivity contribution is 0.414. The molecule has 41 heavy (non-hydrogen) atoms. The van der Waals surface area contributed by atoms with Crippen molar-refractivity contribution < 1.29 is 13.2 Å². The van der Waals surface area contributed by atoms with Crippen molar-refractivity contribution in [2.24, 2.45) is 5.92 Å². The number of hydrogen-bond donors (Lipinski definition) is 3. The van der Waals surface area contributed by atoms with Crippen molar-refractivity contribution in [1.29, 1.82) is 0 Å². The minimum atomic E-state index is -3.53. The number of benzene rings is 2. The minimum Gasteiger partial charge on any atom is -0.495 e. The van der Waals surface area contributed by atoms with E-state index < -0.39 is 15.1 Å². The summed E-state index contributed by atoms with van der Waals surface area (Å²) in [7, 11) is -1.86. The second kappa shape index (κ2) is 12.9. The summed E-state index contributed by atoms with van der Waals surface area (Å²) in [6.07, 6.45) is 6.20. The third-order valence-corrected chi connectivity index (χ3v) is 9.59. The Kier molecular flexibility index (Phi) is 9.53. The molecule has 0 aliphatic rings. The van der Waals surface area contributed by atoms with Crippen LogP contribution < -0.4 is 15.4 Å². The molecule has 0 bridgehead atoms. The van der Waals surface area contributed by atoms with Crippen LogP contribution in [0.2, 0.25) is 0 Å². The number of nitrogens with one attached hydrogen (secondary N) is 3. The number of para-hydroxylation sites is 1. The Morgan fingerprint density at radius 3 is 2.41 bits per heavy atom. The third kappa shape index (κ3) is 6.81. The molecule has 0 aliphatic heterocycles. The first kappa shape index (κ1) is 30.3. The molecule has 0 radical (unpaired) electrons. The lowest BCUT2D eigenvalue weighted by Gasteiger charge is -2.22. The molecule has 9 nitrogen and oxygen atoms in total. The number of nitrogens with zero attached hydrogens (tertiary/aromatic N) is 3. The molecule has 0 spiro atoms. The van der Waals surface area contributed by atoms with E-state index in [9.17, 15) is 8.42 Å². The second-order valence-corrected chi connectivity index (χ2v) is 13.7. The minimum absolute atomic E-state index is 0.215. The molecular formula is C31H42N6O3S. The Labute approximate surface area is 243 Å². The van der Waals surface area contributed by atoms with Crippen molar-refractivity contribution in [2.75, 3.05) is 17.7 Å². The van der Waals surface area contributed by atoms with E-state index in [4.69, 9.17) is 9.72 Å². The van der Waals surface area contributed by atoms with Crippen LogP contribution in [-0.4, -0.2) is 40.9 Å². The largest absolute Gasteiger partial charge is 0.495 e. The number of methoxy groups -OCH3 is 1. The number of fused-ring (bicyclic) bond motifs is 1. The number of aromatic amines is 1. The molecule has 0 amide bonds. The van der Waals surface area contributed by atoms with Gasteiger partial charge >= 0.3 is 0 Å². The van der Waals surface area contributed by atoms with Gasteiger partial charge in [-0.3, -0.25) is 5.10 Å². The lowest BCUT2D eigenvalue weighted by Crippen LogP contribution is -2.15. The zero-order valence-electron chi connectivity index (χ0n) is 25.1. The van der Waals surface area contributed by atoms with Gasteiger partial charge in [0.25, 0.3) is 0 Å². The zero-order chi connectivity index (χ0) is 29.7. The summed E-state index contributed by atoms with van der Waals surface area (Å²) < 4.78 is 31.9. The molecule has 1 unspecified atom stereocenters. The zero-order valence-corrected chi connectivity index (χ0v) is 25.9. The first-order valence-electron chi connectivity index (χ1n) is 14.3. The predicted octanol–water partition coefficient (Wildman–Crippen LogP) is 7.66. The van der Waals surface area contributed by atoms with Crippen molar-refractivity contribution in [3.8, 4) is 5.75 Å². The van der Waals surface area contributed by atoms with Gasteiger partial charge in [-0.1, -0.05) is 45.7 Å². The molecule has 0 saturated carbocycles. The Morgan fingerprint density at radius 1 is 0.976 bits per heavy atom. The molecule has 0 fully saturated rings. The van der Waals surface area contributed by atoms with E-state index in [2.05, 4.69) is 65.6 Å². The van der Waals surface area contributed by atoms with Crippen LogP contribution in [0.5, 0.6) is 5.75 Å². The van der Waals surface area contributed by atoms with Crippen molar-refractivity contribution in [2.45, 2.75) is 83.3 Å². The van der Waals surface area contributed by atoms with Gasteiger partial charge in [-0.05, 0) is 80.8 Å². The van der Waals surface area contributed by atoms with Crippen LogP contribution in [0.15, 0.2) is 47.5 Å². The first-order valence-corrected chi connectivity index (χ1v) is 15.9. The van der Waals surface area contributed by atoms with Gasteiger partial charge in [-0.2, -0.15) is 15.1 Å². The summed E-state index contributed by atoms with van der Waals surface area (Å²) in [6, 6.07) is 11.1. The third-order valence-electron chi connectivity index (χ3n) is 7.38. The number of ether oxygens (including phenoxy) is 1. The van der Waals surface area contributed by atoms with E-state index >= 15 is 0 Å². The van der Waals surface area contributed by atoms with Gasteiger partial charge in [-0.25, -0.2) is 8.42 Å². The van der Waals surface area contributed by atoms with Crippen LogP contribution in [0.3, 0.4) is 0 Å². The Bertz CT molecular complexity index is 1600. The molecule has 1 atom stereocenters. The van der Waals surface area contributed by atoms with Crippen molar-refractivity contribution in [1.82, 2.24) is 20.2 Å². The van der Waals surface area contributed by atoms with Gasteiger partial charge in [0.2, 0.25) is 5.95 Å². The summed E-state index contributed by atoms with van der Waals surface area (Å²) in [6.45, 7) is 12.2. The number of H-pyrrole nitrogens is 1. The average Bonchev–Trinajstić information content (AvgIpc) is 3.40. The highest BCUT2D eigenvalue weighted by Crippen LogP contribution is 2.38. The fourth-order valence-corrected chi connectivity index (χ4v) is 6.26. The van der Waals surface area contributed by atoms with Gasteiger partial charge in [0.05, 0.1) is 40.2 Å². The van der Waals surface area contributed by atoms with Crippen LogP contribution in [0.1, 0.15) is 77.3 Å². The van der Waals surface area contributed by atoms with Gasteiger partial charge < -0.3 is 15.4 Å². The summed E-state index contributed by atoms with van der Waals surface area (Å²) in [5, 5.41) is 13.7. The topological polar surface area (TPSA) is 122 Å². The Morgan fingerprint density at radius 2 is 1.73 bits per heavy atom. The molecule has 4 rings (SSSR count). The molecule has 0 aliphatic carbocycles. The van der Waals surface area contributed by atoms with Gasteiger partial charge in [0.15, 0.2) is 15.5 Å². The van der Waals surface area contributed by atoms with Gasteiger partial charge in [0.1, 0.15) is 11.6 Å². The maximum atomic E-state index is 13.0. The van der Waals surface area contributed by atoms with Crippen LogP contribution in [0.4, 0.5) is 23.1 Å². The second-order valence-electron chi connectivity index (χ2n) is 11.2. The fourth-order valence-electron chi connectivity index (χ4n) is 5.05. The van der Waals surface area contributed by atoms with E-state index in [0.717, 1.165) is 24.9 Å². The highest BCUT2D eigenvalue weighted by atomic mass is 32.2. The highest BCUT2D eigenvalue weighted by molar-refractivity contribution is 7.92. The van der Waals surface area contributed by atoms with Gasteiger partial charge in [0, 0.05) is 0 Å². The predicted molar refractivity (Wildman–Crippen MR) is 166 cm³/mol. The number of sulfone groups is 1. The summed E-state index contributed by atoms with van der Waals surface area (Å²) in [5.41, 5.74) is 4.20. The van der Waals surface area contributed by atoms with Crippen molar-refractivity contribution in [3.05, 3.63) is 53.7 Å². The molecular weight excluding hydrogens is 536 g/mol. The van der Waals surface area contributed by atoms with Crippen LogP contribution in [0.25, 0.3) is 11.0 Å². The Balaban J connectivity index is 1.71. The van der Waals surface area contributed by atoms with Crippen LogP contribution in [0, 0.1) is 12.8 Å². The summed E-state index contributed by atoms with van der Waals surface area (Å²) in [4.78, 5) is 9.56. The molecule has 2 aromatic heterocycles. The number of anilines is 4. The monoisotopic (exact) mass is 578 g/mol. The molecule has 3 N–H and O–H groups in total. The normalized spacial score (nSPS) is 12.7. The number of hydrogen-bond acceptors (Lipinski definition) is 8. The lowest BCUT2D eigenvalue weighted by atomic mass is 9.85. The van der Waals surface area contributed by atoms with Gasteiger partial charge in [-0.15, -0.1) is 0 Å². The van der Waals surface area contributed by atoms with Crippen molar-refractivity contribution >= 4 is 44.0 Å². The average molecular weight is 579 g/mol. The smallest absolute Gasteiger partial charge is 0.231 e. The van der Waals surface area contributed by atoms with Crippen molar-refractivity contribution in [3.63, 3.8) is 0 Å². The molecule has 10 heteroatoms. The van der Waals surface area contributed by atoms with E-state index in [1.807, 2.05) is 0 Å². The quantitative estimate of drug-likeness (QED) is 0.148. The molecule has 2 aromatic carbocycles. The SMILES string of the molecule is CCCC(CCC(C)C)c1cc(OC)c(Nc2nc(Nc3ccccc3S(=O)(=O)C(C)C)c3cn[nH]c3n2)cc1C. The van der Waals surface area contributed by atoms with E-state index in [-0.39, 0.29) is 4.90 Å². The fraction of sp³-hybridized carbons (Fsp3) is 0.452. The maximum absolute atomic E-state index is 13.0. The summed E-state index contributed by atoms with van der Waals surface area (Å²) in [5.74, 6) is 2.60. The molecule has 2 heterocycles. The number of rotatable bonds is 13. The van der Waals surface area contributed by atoms with E-state index in [1.165, 1.54) is 17.5 Å². The van der Waals surface area contributed by atoms with E-state index in [1.54, 1.807) is 51.4 Å². The first-order chi connectivity index (χ1) is 19.5. The molecule has 0 saturated heterocycles.